The first kappa shape index (κ1) is 18.6. The fourth-order valence-electron chi connectivity index (χ4n) is 2.21. The molecule has 1 radical (unpaired) electrons. The molecule has 3 aromatic rings. The van der Waals surface area contributed by atoms with E-state index >= 15 is 0 Å². The van der Waals surface area contributed by atoms with Gasteiger partial charge in [-0.25, -0.2) is 0 Å². The first-order chi connectivity index (χ1) is 11.0. The molecule has 0 aliphatic rings. The Balaban J connectivity index is 0.00000208. The largest absolute Gasteiger partial charge is 0.505 e. The van der Waals surface area contributed by atoms with Crippen molar-refractivity contribution >= 4 is 61.8 Å². The van der Waals surface area contributed by atoms with Crippen molar-refractivity contribution in [2.75, 3.05) is 0 Å². The summed E-state index contributed by atoms with van der Waals surface area (Å²) in [5.41, 5.74) is 0.508. The van der Waals surface area contributed by atoms with Gasteiger partial charge in [-0.05, 0) is 18.2 Å². The van der Waals surface area contributed by atoms with Gasteiger partial charge in [0, 0.05) is 40.3 Å². The summed E-state index contributed by atoms with van der Waals surface area (Å²) in [6.45, 7) is 0. The van der Waals surface area contributed by atoms with Gasteiger partial charge in [-0.2, -0.15) is 13.5 Å². The van der Waals surface area contributed by atoms with Gasteiger partial charge in [0.15, 0.2) is 5.75 Å². The number of nitrogens with zero attached hydrogens (tertiary/aromatic N) is 2. The Morgan fingerprint density at radius 2 is 1.42 bits per heavy atom. The van der Waals surface area contributed by atoms with Crippen molar-refractivity contribution in [1.29, 1.82) is 0 Å². The third-order valence-electron chi connectivity index (χ3n) is 3.27. The minimum Gasteiger partial charge on any atom is -0.505 e. The van der Waals surface area contributed by atoms with E-state index in [0.717, 1.165) is 6.07 Å². The zero-order valence-electron chi connectivity index (χ0n) is 12.8. The minimum atomic E-state index is -4.46. The van der Waals surface area contributed by atoms with E-state index in [1.54, 1.807) is 42.5 Å². The van der Waals surface area contributed by atoms with Crippen LogP contribution in [0.5, 0.6) is 5.75 Å². The zero-order valence-corrected chi connectivity index (χ0v) is 15.6. The zero-order chi connectivity index (χ0) is 16.4. The van der Waals surface area contributed by atoms with Gasteiger partial charge in [0.1, 0.15) is 10.6 Å². The van der Waals surface area contributed by atoms with Crippen molar-refractivity contribution in [2.24, 2.45) is 10.2 Å². The van der Waals surface area contributed by atoms with Gasteiger partial charge in [0.05, 0.1) is 5.69 Å². The molecule has 117 valence electrons. The monoisotopic (exact) mass is 351 g/mol. The molecule has 0 atom stereocenters. The Morgan fingerprint density at radius 3 is 2.04 bits per heavy atom. The normalized spacial score (nSPS) is 11.5. The molecule has 3 aromatic carbocycles. The number of benzene rings is 3. The third kappa shape index (κ3) is 3.82. The average molecular weight is 351 g/mol. The second-order valence-corrected chi connectivity index (χ2v) is 6.19. The number of hydrogen-bond donors (Lipinski definition) is 2. The van der Waals surface area contributed by atoms with Crippen LogP contribution in [0.3, 0.4) is 0 Å². The smallest absolute Gasteiger partial charge is 0.295 e. The average Bonchev–Trinajstić information content (AvgIpc) is 2.54. The molecule has 0 amide bonds. The Morgan fingerprint density at radius 1 is 0.833 bits per heavy atom. The predicted molar refractivity (Wildman–Crippen MR) is 91.8 cm³/mol. The fraction of sp³-hybridized carbons (Fsp3) is 0. The Bertz CT molecular complexity index is 1010. The quantitative estimate of drug-likeness (QED) is 0.425. The number of azo groups is 1. The maximum atomic E-state index is 11.6. The van der Waals surface area contributed by atoms with Crippen LogP contribution < -0.4 is 0 Å². The van der Waals surface area contributed by atoms with E-state index in [1.807, 2.05) is 6.07 Å². The number of phenolic OH excluding ortho intramolecular Hbond substituents is 1. The molecule has 24 heavy (non-hydrogen) atoms. The Labute approximate surface area is 160 Å². The van der Waals surface area contributed by atoms with Crippen molar-refractivity contribution in [1.82, 2.24) is 0 Å². The summed E-state index contributed by atoms with van der Waals surface area (Å²) in [5, 5.41) is 18.6. The second kappa shape index (κ2) is 7.42. The van der Waals surface area contributed by atoms with Crippen LogP contribution in [-0.2, 0) is 10.1 Å². The molecule has 0 unspecified atom stereocenters. The molecule has 8 heteroatoms. The van der Waals surface area contributed by atoms with E-state index in [-0.39, 0.29) is 56.7 Å². The summed E-state index contributed by atoms with van der Waals surface area (Å²) < 4.78 is 32.6. The minimum absolute atomic E-state index is 0. The molecule has 0 heterocycles. The van der Waals surface area contributed by atoms with Crippen LogP contribution in [0.2, 0.25) is 0 Å². The summed E-state index contributed by atoms with van der Waals surface area (Å²) in [7, 11) is -4.46. The van der Waals surface area contributed by atoms with Crippen LogP contribution in [0.15, 0.2) is 75.8 Å². The van der Waals surface area contributed by atoms with Gasteiger partial charge in [-0.1, -0.05) is 42.5 Å². The van der Waals surface area contributed by atoms with E-state index < -0.39 is 10.1 Å². The molecule has 3 rings (SSSR count). The number of fused-ring (bicyclic) bond motifs is 1. The SMILES string of the molecule is O=S(=O)(O)c1cc(N=Nc2ccccc2)c(O)c2ccccc12.[Na]. The van der Waals surface area contributed by atoms with Crippen molar-refractivity contribution in [3.05, 3.63) is 60.7 Å². The van der Waals surface area contributed by atoms with Crippen LogP contribution in [0.25, 0.3) is 10.8 Å². The predicted octanol–water partition coefficient (Wildman–Crippen LogP) is 3.83. The molecule has 0 saturated heterocycles. The van der Waals surface area contributed by atoms with Gasteiger partial charge in [-0.15, -0.1) is 5.11 Å². The van der Waals surface area contributed by atoms with Gasteiger partial charge >= 0.3 is 0 Å². The number of rotatable bonds is 3. The van der Waals surface area contributed by atoms with E-state index in [1.165, 1.54) is 6.07 Å². The molecule has 0 saturated carbocycles. The summed E-state index contributed by atoms with van der Waals surface area (Å²) in [5.74, 6) is -0.201. The maximum Gasteiger partial charge on any atom is 0.295 e. The molecule has 0 bridgehead atoms. The summed E-state index contributed by atoms with van der Waals surface area (Å²) in [4.78, 5) is -0.326. The molecule has 0 aliphatic carbocycles. The molecule has 2 N–H and O–H groups in total. The number of aromatic hydroxyl groups is 1. The van der Waals surface area contributed by atoms with E-state index in [9.17, 15) is 18.1 Å². The van der Waals surface area contributed by atoms with Gasteiger partial charge in [0.25, 0.3) is 10.1 Å². The summed E-state index contributed by atoms with van der Waals surface area (Å²) >= 11 is 0. The first-order valence-electron chi connectivity index (χ1n) is 6.66. The molecule has 0 aliphatic heterocycles. The first-order valence-corrected chi connectivity index (χ1v) is 8.10. The Kier molecular flexibility index (Phi) is 5.74. The summed E-state index contributed by atoms with van der Waals surface area (Å²) in [6, 6.07) is 16.2. The van der Waals surface area contributed by atoms with Crippen molar-refractivity contribution < 1.29 is 18.1 Å². The molecular formula is C16H12N2NaO4S. The van der Waals surface area contributed by atoms with Crippen LogP contribution >= 0.6 is 0 Å². The van der Waals surface area contributed by atoms with Crippen LogP contribution in [-0.4, -0.2) is 47.6 Å². The van der Waals surface area contributed by atoms with E-state index in [4.69, 9.17) is 0 Å². The third-order valence-corrected chi connectivity index (χ3v) is 4.16. The molecule has 0 fully saturated rings. The van der Waals surface area contributed by atoms with Crippen LogP contribution in [0, 0.1) is 0 Å². The maximum absolute atomic E-state index is 11.6. The van der Waals surface area contributed by atoms with E-state index in [2.05, 4.69) is 10.2 Å². The van der Waals surface area contributed by atoms with E-state index in [0.29, 0.717) is 5.69 Å². The summed E-state index contributed by atoms with van der Waals surface area (Å²) in [6.07, 6.45) is 0. The standard InChI is InChI=1S/C16H12N2O4S.Na/c19-16-13-9-5-4-8-12(13)15(23(20,21)22)10-14(16)18-17-11-6-2-1-3-7-11;/h1-10,19H,(H,20,21,22);. The van der Waals surface area contributed by atoms with Crippen molar-refractivity contribution in [2.45, 2.75) is 4.90 Å². The fourth-order valence-corrected chi connectivity index (χ4v) is 2.93. The van der Waals surface area contributed by atoms with Gasteiger partial charge in [-0.3, -0.25) is 4.55 Å². The van der Waals surface area contributed by atoms with Gasteiger partial charge < -0.3 is 5.11 Å². The van der Waals surface area contributed by atoms with Crippen molar-refractivity contribution in [3.8, 4) is 5.75 Å². The van der Waals surface area contributed by atoms with Gasteiger partial charge in [0.2, 0.25) is 0 Å². The topological polar surface area (TPSA) is 99.3 Å². The van der Waals surface area contributed by atoms with Crippen LogP contribution in [0.4, 0.5) is 11.4 Å². The molecule has 0 spiro atoms. The second-order valence-electron chi connectivity index (χ2n) is 4.80. The number of hydrogen-bond acceptors (Lipinski definition) is 5. The molecule has 6 nitrogen and oxygen atoms in total. The van der Waals surface area contributed by atoms with Crippen LogP contribution in [0.1, 0.15) is 0 Å². The molecule has 0 aromatic heterocycles. The van der Waals surface area contributed by atoms with Crippen molar-refractivity contribution in [3.63, 3.8) is 0 Å². The number of phenols is 1. The molecular weight excluding hydrogens is 339 g/mol. The Hall–Kier alpha value is -1.77.